The average molecular weight is 128 g/mol. The smallest absolute Gasteiger partial charge is 0.230 e. The van der Waals surface area contributed by atoms with Crippen molar-refractivity contribution in [2.45, 2.75) is 0 Å². The first-order valence-electron chi connectivity index (χ1n) is 2.59. The third-order valence-electron chi connectivity index (χ3n) is 0.871. The van der Waals surface area contributed by atoms with Crippen LogP contribution in [-0.2, 0) is 14.2 Å². The van der Waals surface area contributed by atoms with Crippen LogP contribution < -0.4 is 0 Å². The van der Waals surface area contributed by atoms with Crippen molar-refractivity contribution in [1.82, 2.24) is 0 Å². The minimum atomic E-state index is 0.301. The van der Waals surface area contributed by atoms with E-state index >= 15 is 0 Å². The molecule has 0 saturated heterocycles. The Bertz CT molecular complexity index is 128. The van der Waals surface area contributed by atoms with E-state index in [0.29, 0.717) is 19.2 Å². The molecular weight excluding hydrogens is 120 g/mol. The second-order valence-electron chi connectivity index (χ2n) is 1.49. The molecule has 0 radical (unpaired) electrons. The van der Waals surface area contributed by atoms with Gasteiger partial charge < -0.3 is 14.2 Å². The molecule has 50 valence electrons. The fraction of sp³-hybridized carbons (Fsp3) is 0.333. The van der Waals surface area contributed by atoms with E-state index in [2.05, 4.69) is 6.58 Å². The monoisotopic (exact) mass is 128 g/mol. The lowest BCUT2D eigenvalue weighted by molar-refractivity contribution is 0.0675. The lowest BCUT2D eigenvalue weighted by Gasteiger charge is -1.98. The highest BCUT2D eigenvalue weighted by Gasteiger charge is 2.04. The summed E-state index contributed by atoms with van der Waals surface area (Å²) in [6.45, 7) is 4.08. The Morgan fingerprint density at radius 1 is 1.89 bits per heavy atom. The van der Waals surface area contributed by atoms with Crippen LogP contribution in [-0.4, -0.2) is 13.4 Å². The predicted octanol–water partition coefficient (Wildman–Crippen LogP) is 0.992. The zero-order chi connectivity index (χ0) is 6.53. The third kappa shape index (κ3) is 1.68. The second-order valence-corrected chi connectivity index (χ2v) is 1.49. The van der Waals surface area contributed by atoms with Crippen LogP contribution >= 0.6 is 0 Å². The van der Waals surface area contributed by atoms with E-state index in [1.807, 2.05) is 0 Å². The SMILES string of the molecule is C=COCC1=COCO1. The van der Waals surface area contributed by atoms with Crippen molar-refractivity contribution in [2.75, 3.05) is 13.4 Å². The van der Waals surface area contributed by atoms with E-state index in [1.165, 1.54) is 12.5 Å². The van der Waals surface area contributed by atoms with E-state index in [4.69, 9.17) is 14.2 Å². The molecule has 0 aromatic carbocycles. The van der Waals surface area contributed by atoms with Crippen molar-refractivity contribution in [3.05, 3.63) is 24.9 Å². The van der Waals surface area contributed by atoms with Crippen molar-refractivity contribution in [2.24, 2.45) is 0 Å². The Labute approximate surface area is 53.5 Å². The quantitative estimate of drug-likeness (QED) is 0.530. The van der Waals surface area contributed by atoms with Gasteiger partial charge in [-0.05, 0) is 0 Å². The maximum atomic E-state index is 4.92. The molecular formula is C6H8O3. The first kappa shape index (κ1) is 6.01. The molecule has 0 amide bonds. The molecule has 0 fully saturated rings. The minimum absolute atomic E-state index is 0.301. The molecule has 0 aromatic rings. The van der Waals surface area contributed by atoms with Crippen LogP contribution in [0.2, 0.25) is 0 Å². The van der Waals surface area contributed by atoms with Crippen molar-refractivity contribution in [3.8, 4) is 0 Å². The molecule has 9 heavy (non-hydrogen) atoms. The zero-order valence-electron chi connectivity index (χ0n) is 5.00. The number of ether oxygens (including phenoxy) is 3. The van der Waals surface area contributed by atoms with Crippen LogP contribution in [0.3, 0.4) is 0 Å². The second kappa shape index (κ2) is 3.02. The van der Waals surface area contributed by atoms with Gasteiger partial charge in [0.05, 0.1) is 6.26 Å². The fourth-order valence-electron chi connectivity index (χ4n) is 0.487. The average Bonchev–Trinajstić information content (AvgIpc) is 2.34. The molecule has 0 saturated carbocycles. The summed E-state index contributed by atoms with van der Waals surface area (Å²) in [6.07, 6.45) is 2.89. The largest absolute Gasteiger partial charge is 0.494 e. The fourth-order valence-corrected chi connectivity index (χ4v) is 0.487. The predicted molar refractivity (Wildman–Crippen MR) is 31.3 cm³/mol. The van der Waals surface area contributed by atoms with E-state index in [1.54, 1.807) is 0 Å². The Hall–Kier alpha value is -1.12. The highest BCUT2D eigenvalue weighted by atomic mass is 16.7. The van der Waals surface area contributed by atoms with Crippen molar-refractivity contribution in [1.29, 1.82) is 0 Å². The number of hydrogen-bond acceptors (Lipinski definition) is 3. The van der Waals surface area contributed by atoms with Gasteiger partial charge in [0.15, 0.2) is 5.76 Å². The van der Waals surface area contributed by atoms with Crippen LogP contribution in [0.4, 0.5) is 0 Å². The molecule has 1 heterocycles. The molecule has 0 aromatic heterocycles. The molecule has 3 nitrogen and oxygen atoms in total. The van der Waals surface area contributed by atoms with Gasteiger partial charge in [0.2, 0.25) is 6.79 Å². The summed E-state index contributed by atoms with van der Waals surface area (Å²) < 4.78 is 14.5. The first-order valence-corrected chi connectivity index (χ1v) is 2.59. The van der Waals surface area contributed by atoms with E-state index in [-0.39, 0.29) is 0 Å². The topological polar surface area (TPSA) is 27.7 Å². The van der Waals surface area contributed by atoms with Gasteiger partial charge in [-0.1, -0.05) is 6.58 Å². The Kier molecular flexibility index (Phi) is 2.01. The lowest BCUT2D eigenvalue weighted by Crippen LogP contribution is -1.93. The molecule has 0 atom stereocenters. The maximum absolute atomic E-state index is 4.92. The summed E-state index contributed by atoms with van der Waals surface area (Å²) in [5.41, 5.74) is 0. The summed E-state index contributed by atoms with van der Waals surface area (Å²) in [7, 11) is 0. The maximum Gasteiger partial charge on any atom is 0.230 e. The van der Waals surface area contributed by atoms with Gasteiger partial charge in [0.1, 0.15) is 12.9 Å². The third-order valence-corrected chi connectivity index (χ3v) is 0.871. The molecule has 0 bridgehead atoms. The molecule has 0 spiro atoms. The number of rotatable bonds is 3. The Morgan fingerprint density at radius 3 is 3.33 bits per heavy atom. The van der Waals surface area contributed by atoms with Crippen LogP contribution in [0.1, 0.15) is 0 Å². The Balaban J connectivity index is 2.18. The summed E-state index contributed by atoms with van der Waals surface area (Å²) >= 11 is 0. The van der Waals surface area contributed by atoms with Gasteiger partial charge in [-0.25, -0.2) is 0 Å². The summed E-state index contributed by atoms with van der Waals surface area (Å²) in [5, 5.41) is 0. The highest BCUT2D eigenvalue weighted by Crippen LogP contribution is 2.05. The van der Waals surface area contributed by atoms with Crippen molar-refractivity contribution in [3.63, 3.8) is 0 Å². The summed E-state index contributed by atoms with van der Waals surface area (Å²) in [6, 6.07) is 0. The molecule has 3 heteroatoms. The summed E-state index contributed by atoms with van der Waals surface area (Å²) in [5.74, 6) is 0.704. The normalized spacial score (nSPS) is 15.3. The van der Waals surface area contributed by atoms with Gasteiger partial charge in [-0.15, -0.1) is 0 Å². The van der Waals surface area contributed by atoms with Crippen LogP contribution in [0.5, 0.6) is 0 Å². The van der Waals surface area contributed by atoms with Gasteiger partial charge >= 0.3 is 0 Å². The first-order chi connectivity index (χ1) is 4.43. The van der Waals surface area contributed by atoms with Crippen LogP contribution in [0.25, 0.3) is 0 Å². The Morgan fingerprint density at radius 2 is 2.78 bits per heavy atom. The molecule has 1 aliphatic rings. The lowest BCUT2D eigenvalue weighted by atomic mass is 10.6. The standard InChI is InChI=1S/C6H8O3/c1-2-7-3-6-4-8-5-9-6/h2,4H,1,3,5H2. The molecule has 0 unspecified atom stereocenters. The van der Waals surface area contributed by atoms with Gasteiger partial charge in [0.25, 0.3) is 0 Å². The van der Waals surface area contributed by atoms with Gasteiger partial charge in [-0.2, -0.15) is 0 Å². The zero-order valence-corrected chi connectivity index (χ0v) is 5.00. The number of hydrogen-bond donors (Lipinski definition) is 0. The van der Waals surface area contributed by atoms with Crippen molar-refractivity contribution < 1.29 is 14.2 Å². The summed E-state index contributed by atoms with van der Waals surface area (Å²) in [4.78, 5) is 0. The van der Waals surface area contributed by atoms with Crippen LogP contribution in [0, 0.1) is 0 Å². The van der Waals surface area contributed by atoms with Gasteiger partial charge in [-0.3, -0.25) is 0 Å². The molecule has 0 aliphatic carbocycles. The van der Waals surface area contributed by atoms with Gasteiger partial charge in [0, 0.05) is 0 Å². The minimum Gasteiger partial charge on any atom is -0.494 e. The van der Waals surface area contributed by atoms with E-state index in [0.717, 1.165) is 0 Å². The highest BCUT2D eigenvalue weighted by molar-refractivity contribution is 4.90. The molecule has 0 N–H and O–H groups in total. The van der Waals surface area contributed by atoms with Crippen molar-refractivity contribution >= 4 is 0 Å². The molecule has 1 aliphatic heterocycles. The van der Waals surface area contributed by atoms with E-state index < -0.39 is 0 Å². The van der Waals surface area contributed by atoms with E-state index in [9.17, 15) is 0 Å². The molecule has 1 rings (SSSR count). The van der Waals surface area contributed by atoms with Crippen LogP contribution in [0.15, 0.2) is 24.9 Å².